The molecule has 1 aromatic heterocycles. The van der Waals surface area contributed by atoms with Gasteiger partial charge in [-0.3, -0.25) is 4.79 Å². The summed E-state index contributed by atoms with van der Waals surface area (Å²) in [6, 6.07) is 13.4. The molecule has 0 saturated carbocycles. The molecule has 0 bridgehead atoms. The topological polar surface area (TPSA) is 60.7 Å². The minimum absolute atomic E-state index is 0.159. The first-order chi connectivity index (χ1) is 13.3. The summed E-state index contributed by atoms with van der Waals surface area (Å²) in [5.41, 5.74) is 3.64. The second-order valence-electron chi connectivity index (χ2n) is 6.75. The van der Waals surface area contributed by atoms with Crippen LogP contribution in [0.3, 0.4) is 0 Å². The first kappa shape index (κ1) is 16.0. The number of hydrogen-bond acceptors (Lipinski definition) is 5. The molecule has 5 rings (SSSR count). The van der Waals surface area contributed by atoms with Crippen molar-refractivity contribution >= 4 is 22.4 Å². The van der Waals surface area contributed by atoms with E-state index in [1.165, 1.54) is 0 Å². The first-order valence-corrected chi connectivity index (χ1v) is 9.19. The molecule has 3 heterocycles. The first-order valence-electron chi connectivity index (χ1n) is 9.19. The Kier molecular flexibility index (Phi) is 3.85. The second-order valence-corrected chi connectivity index (χ2v) is 6.75. The van der Waals surface area contributed by atoms with Crippen LogP contribution in [-0.2, 0) is 6.42 Å². The summed E-state index contributed by atoms with van der Waals surface area (Å²) in [6.07, 6.45) is 3.35. The SMILES string of the molecule is O=C(/C=C1\NCCc2cc3c(cc21)OCCCO3)c1cc2ccccc2o1. The number of carbonyl (C=O) groups is 1. The van der Waals surface area contributed by atoms with Gasteiger partial charge in [-0.2, -0.15) is 0 Å². The van der Waals surface area contributed by atoms with Crippen molar-refractivity contribution in [2.45, 2.75) is 12.8 Å². The quantitative estimate of drug-likeness (QED) is 0.553. The zero-order valence-electron chi connectivity index (χ0n) is 14.8. The number of ether oxygens (including phenoxy) is 2. The van der Waals surface area contributed by atoms with Gasteiger partial charge in [-0.15, -0.1) is 0 Å². The number of hydrogen-bond donors (Lipinski definition) is 1. The predicted octanol–water partition coefficient (Wildman–Crippen LogP) is 3.96. The summed E-state index contributed by atoms with van der Waals surface area (Å²) in [5, 5.41) is 4.26. The van der Waals surface area contributed by atoms with E-state index in [9.17, 15) is 4.79 Å². The summed E-state index contributed by atoms with van der Waals surface area (Å²) in [7, 11) is 0. The highest BCUT2D eigenvalue weighted by Crippen LogP contribution is 2.36. The average molecular weight is 361 g/mol. The Balaban J connectivity index is 1.52. The molecular formula is C22H19NO4. The maximum Gasteiger partial charge on any atom is 0.223 e. The Labute approximate surface area is 156 Å². The highest BCUT2D eigenvalue weighted by atomic mass is 16.5. The molecule has 0 saturated heterocycles. The average Bonchev–Trinajstić information content (AvgIpc) is 2.99. The molecule has 136 valence electrons. The van der Waals surface area contributed by atoms with Gasteiger partial charge in [0, 0.05) is 35.7 Å². The van der Waals surface area contributed by atoms with E-state index >= 15 is 0 Å². The molecule has 0 fully saturated rings. The number of allylic oxidation sites excluding steroid dienone is 1. The molecule has 2 aliphatic heterocycles. The normalized spacial score (nSPS) is 17.3. The van der Waals surface area contributed by atoms with Gasteiger partial charge >= 0.3 is 0 Å². The third kappa shape index (κ3) is 2.95. The molecule has 2 aliphatic rings. The Morgan fingerprint density at radius 2 is 1.85 bits per heavy atom. The summed E-state index contributed by atoms with van der Waals surface area (Å²) in [4.78, 5) is 12.8. The van der Waals surface area contributed by atoms with Crippen LogP contribution in [0.25, 0.3) is 16.7 Å². The van der Waals surface area contributed by atoms with E-state index in [1.807, 2.05) is 36.4 Å². The molecule has 0 spiro atoms. The number of ketones is 1. The largest absolute Gasteiger partial charge is 0.490 e. The van der Waals surface area contributed by atoms with Gasteiger partial charge in [-0.25, -0.2) is 0 Å². The van der Waals surface area contributed by atoms with Crippen molar-refractivity contribution < 1.29 is 18.7 Å². The van der Waals surface area contributed by atoms with Gasteiger partial charge in [0.25, 0.3) is 0 Å². The van der Waals surface area contributed by atoms with Gasteiger partial charge in [0.2, 0.25) is 5.78 Å². The van der Waals surface area contributed by atoms with Crippen molar-refractivity contribution in [1.82, 2.24) is 5.32 Å². The number of rotatable bonds is 2. The third-order valence-corrected chi connectivity index (χ3v) is 4.92. The summed E-state index contributed by atoms with van der Waals surface area (Å²) in [6.45, 7) is 2.07. The fourth-order valence-corrected chi connectivity index (χ4v) is 3.57. The standard InChI is InChI=1S/C22H19NO4/c24-18(20-11-15-4-1-2-5-19(15)27-20)13-17-16-12-22-21(25-8-3-9-26-22)10-14(16)6-7-23-17/h1-2,4-5,10-13,23H,3,6-9H2/b17-13-. The van der Waals surface area contributed by atoms with Crippen LogP contribution >= 0.6 is 0 Å². The van der Waals surface area contributed by atoms with Crippen LogP contribution < -0.4 is 14.8 Å². The fourth-order valence-electron chi connectivity index (χ4n) is 3.57. The number of carbonyl (C=O) groups excluding carboxylic acids is 1. The molecule has 27 heavy (non-hydrogen) atoms. The second kappa shape index (κ2) is 6.50. The van der Waals surface area contributed by atoms with Gasteiger partial charge < -0.3 is 19.2 Å². The maximum absolute atomic E-state index is 12.8. The lowest BCUT2D eigenvalue weighted by Crippen LogP contribution is -2.23. The van der Waals surface area contributed by atoms with E-state index in [4.69, 9.17) is 13.9 Å². The molecule has 2 aromatic carbocycles. The van der Waals surface area contributed by atoms with Crippen LogP contribution in [0.2, 0.25) is 0 Å². The fraction of sp³-hybridized carbons (Fsp3) is 0.227. The van der Waals surface area contributed by atoms with Crippen LogP contribution in [0, 0.1) is 0 Å². The Bertz CT molecular complexity index is 1030. The highest BCUT2D eigenvalue weighted by Gasteiger charge is 2.21. The van der Waals surface area contributed by atoms with E-state index < -0.39 is 0 Å². The van der Waals surface area contributed by atoms with Crippen LogP contribution in [0.5, 0.6) is 11.5 Å². The molecule has 5 nitrogen and oxygen atoms in total. The Morgan fingerprint density at radius 1 is 1.04 bits per heavy atom. The number of benzene rings is 2. The maximum atomic E-state index is 12.8. The third-order valence-electron chi connectivity index (χ3n) is 4.92. The number of nitrogens with one attached hydrogen (secondary N) is 1. The van der Waals surface area contributed by atoms with Crippen molar-refractivity contribution in [2.75, 3.05) is 19.8 Å². The predicted molar refractivity (Wildman–Crippen MR) is 102 cm³/mol. The number of fused-ring (bicyclic) bond motifs is 3. The molecular weight excluding hydrogens is 342 g/mol. The van der Waals surface area contributed by atoms with Gasteiger partial charge in [0.15, 0.2) is 17.3 Å². The molecule has 5 heteroatoms. The zero-order chi connectivity index (χ0) is 18.2. The summed E-state index contributed by atoms with van der Waals surface area (Å²) < 4.78 is 17.3. The van der Waals surface area contributed by atoms with Gasteiger partial charge in [0.1, 0.15) is 5.58 Å². The lowest BCUT2D eigenvalue weighted by Gasteiger charge is -2.22. The minimum Gasteiger partial charge on any atom is -0.490 e. The molecule has 0 atom stereocenters. The molecule has 0 unspecified atom stereocenters. The van der Waals surface area contributed by atoms with Crippen molar-refractivity contribution in [3.05, 3.63) is 65.4 Å². The number of furan rings is 1. The monoisotopic (exact) mass is 361 g/mol. The van der Waals surface area contributed by atoms with Gasteiger partial charge in [0.05, 0.1) is 13.2 Å². The highest BCUT2D eigenvalue weighted by molar-refractivity contribution is 6.08. The lowest BCUT2D eigenvalue weighted by molar-refractivity contribution is 0.102. The van der Waals surface area contributed by atoms with Crippen LogP contribution in [0.4, 0.5) is 0 Å². The molecule has 0 amide bonds. The molecule has 3 aromatic rings. The van der Waals surface area contributed by atoms with Gasteiger partial charge in [-0.1, -0.05) is 18.2 Å². The summed E-state index contributed by atoms with van der Waals surface area (Å²) >= 11 is 0. The smallest absolute Gasteiger partial charge is 0.223 e. The molecule has 0 radical (unpaired) electrons. The van der Waals surface area contributed by atoms with Crippen LogP contribution in [0.1, 0.15) is 28.1 Å². The lowest BCUT2D eigenvalue weighted by atomic mass is 9.96. The van der Waals surface area contributed by atoms with E-state index in [2.05, 4.69) is 5.32 Å². The van der Waals surface area contributed by atoms with E-state index in [1.54, 1.807) is 12.1 Å². The molecule has 1 N–H and O–H groups in total. The minimum atomic E-state index is -0.159. The van der Waals surface area contributed by atoms with Gasteiger partial charge in [-0.05, 0) is 36.2 Å². The van der Waals surface area contributed by atoms with Crippen molar-refractivity contribution in [1.29, 1.82) is 0 Å². The Hall–Kier alpha value is -3.21. The van der Waals surface area contributed by atoms with Crippen molar-refractivity contribution in [2.24, 2.45) is 0 Å². The van der Waals surface area contributed by atoms with E-state index in [-0.39, 0.29) is 5.78 Å². The molecule has 0 aliphatic carbocycles. The van der Waals surface area contributed by atoms with E-state index in [0.29, 0.717) is 24.6 Å². The van der Waals surface area contributed by atoms with Crippen molar-refractivity contribution in [3.63, 3.8) is 0 Å². The Morgan fingerprint density at radius 3 is 2.70 bits per heavy atom. The number of para-hydroxylation sites is 1. The zero-order valence-corrected chi connectivity index (χ0v) is 14.8. The van der Waals surface area contributed by atoms with E-state index in [0.717, 1.165) is 53.1 Å². The van der Waals surface area contributed by atoms with Crippen LogP contribution in [0.15, 0.2) is 53.0 Å². The van der Waals surface area contributed by atoms with Crippen LogP contribution in [-0.4, -0.2) is 25.5 Å². The summed E-state index contributed by atoms with van der Waals surface area (Å²) in [5.74, 6) is 1.70. The van der Waals surface area contributed by atoms with Crippen molar-refractivity contribution in [3.8, 4) is 11.5 Å².